The molecular formula is C18H14BrNO2. The molecule has 2 aromatic carbocycles. The van der Waals surface area contributed by atoms with E-state index in [0.717, 1.165) is 33.3 Å². The van der Waals surface area contributed by atoms with E-state index in [1.807, 2.05) is 37.3 Å². The number of benzene rings is 2. The molecule has 3 nitrogen and oxygen atoms in total. The predicted octanol–water partition coefficient (Wildman–Crippen LogP) is 1.09. The van der Waals surface area contributed by atoms with Crippen molar-refractivity contribution in [3.63, 3.8) is 0 Å². The third kappa shape index (κ3) is 2.25. The van der Waals surface area contributed by atoms with E-state index < -0.39 is 0 Å². The fraction of sp³-hybridized carbons (Fsp3) is 0.0556. The van der Waals surface area contributed by atoms with Crippen molar-refractivity contribution in [1.29, 1.82) is 0 Å². The zero-order valence-electron chi connectivity index (χ0n) is 11.9. The van der Waals surface area contributed by atoms with Gasteiger partial charge in [0.2, 0.25) is 17.0 Å². The number of hydrogen-bond acceptors (Lipinski definition) is 2. The van der Waals surface area contributed by atoms with E-state index in [4.69, 9.17) is 4.42 Å². The van der Waals surface area contributed by atoms with Crippen molar-refractivity contribution in [3.8, 4) is 17.2 Å². The van der Waals surface area contributed by atoms with Gasteiger partial charge in [-0.3, -0.25) is 0 Å². The molecule has 0 radical (unpaired) electrons. The Morgan fingerprint density at radius 1 is 1.00 bits per heavy atom. The van der Waals surface area contributed by atoms with Crippen LogP contribution in [0.5, 0.6) is 5.75 Å². The number of pyridine rings is 1. The molecule has 2 aromatic heterocycles. The number of aromatic amines is 1. The zero-order valence-corrected chi connectivity index (χ0v) is 13.5. The number of aromatic hydroxyl groups is 1. The van der Waals surface area contributed by atoms with Gasteiger partial charge in [-0.1, -0.05) is 12.1 Å². The van der Waals surface area contributed by atoms with Crippen LogP contribution in [0, 0.1) is 6.92 Å². The van der Waals surface area contributed by atoms with Crippen molar-refractivity contribution >= 4 is 21.9 Å². The molecule has 0 saturated heterocycles. The maximum atomic E-state index is 9.57. The van der Waals surface area contributed by atoms with Crippen LogP contribution >= 0.6 is 0 Å². The maximum absolute atomic E-state index is 9.57. The van der Waals surface area contributed by atoms with Crippen molar-refractivity contribution in [3.05, 3.63) is 60.2 Å². The number of phenols is 1. The van der Waals surface area contributed by atoms with Gasteiger partial charge in [-0.05, 0) is 31.2 Å². The fourth-order valence-corrected chi connectivity index (χ4v) is 2.72. The normalized spacial score (nSPS) is 10.8. The minimum absolute atomic E-state index is 0. The fourth-order valence-electron chi connectivity index (χ4n) is 2.72. The van der Waals surface area contributed by atoms with Crippen LogP contribution in [0.4, 0.5) is 0 Å². The molecule has 4 heteroatoms. The summed E-state index contributed by atoms with van der Waals surface area (Å²) in [5.74, 6) is 1.02. The number of hydrogen-bond donors (Lipinski definition) is 1. The SMILES string of the molecule is Cc1c(-c2ccc3ccccc3[nH+]2)oc2cc(O)ccc12.[Br-]. The number of aromatic nitrogens is 1. The lowest BCUT2D eigenvalue weighted by Gasteiger charge is -1.95. The quantitative estimate of drug-likeness (QED) is 0.555. The molecule has 0 aliphatic heterocycles. The van der Waals surface area contributed by atoms with Gasteiger partial charge in [0.25, 0.3) is 0 Å². The number of H-pyrrole nitrogens is 1. The number of rotatable bonds is 1. The van der Waals surface area contributed by atoms with Gasteiger partial charge in [0, 0.05) is 34.5 Å². The number of nitrogens with one attached hydrogen (secondary N) is 1. The molecule has 2 N–H and O–H groups in total. The molecule has 0 unspecified atom stereocenters. The molecule has 0 atom stereocenters. The summed E-state index contributed by atoms with van der Waals surface area (Å²) in [7, 11) is 0. The average molecular weight is 356 g/mol. The summed E-state index contributed by atoms with van der Waals surface area (Å²) < 4.78 is 5.92. The van der Waals surface area contributed by atoms with Gasteiger partial charge in [-0.2, -0.15) is 0 Å². The molecular weight excluding hydrogens is 342 g/mol. The molecule has 4 rings (SSSR count). The van der Waals surface area contributed by atoms with Gasteiger partial charge in [0.05, 0.1) is 0 Å². The van der Waals surface area contributed by atoms with Crippen molar-refractivity contribution in [2.24, 2.45) is 0 Å². The molecule has 0 amide bonds. The van der Waals surface area contributed by atoms with Crippen LogP contribution in [0.3, 0.4) is 0 Å². The van der Waals surface area contributed by atoms with E-state index >= 15 is 0 Å². The lowest BCUT2D eigenvalue weighted by molar-refractivity contribution is -0.332. The summed E-state index contributed by atoms with van der Waals surface area (Å²) in [5.41, 5.74) is 3.76. The highest BCUT2D eigenvalue weighted by Crippen LogP contribution is 2.33. The summed E-state index contributed by atoms with van der Waals surface area (Å²) in [6.07, 6.45) is 0. The standard InChI is InChI=1S/C18H13NO2.BrH/c1-11-14-8-7-13(20)10-17(14)21-18(11)16-9-6-12-4-2-3-5-15(12)19-16;/h2-10,20H,1H3;1H. The van der Waals surface area contributed by atoms with Crippen LogP contribution in [-0.2, 0) is 0 Å². The van der Waals surface area contributed by atoms with E-state index in [0.29, 0.717) is 5.58 Å². The van der Waals surface area contributed by atoms with Crippen LogP contribution in [-0.4, -0.2) is 5.11 Å². The van der Waals surface area contributed by atoms with Crippen LogP contribution in [0.15, 0.2) is 59.0 Å². The molecule has 4 aromatic rings. The second kappa shape index (κ2) is 5.46. The second-order valence-corrected chi connectivity index (χ2v) is 5.20. The number of halogens is 1. The minimum atomic E-state index is 0. The van der Waals surface area contributed by atoms with Gasteiger partial charge in [0.1, 0.15) is 11.3 Å². The molecule has 0 aliphatic carbocycles. The predicted molar refractivity (Wildman–Crippen MR) is 82.1 cm³/mol. The Kier molecular flexibility index (Phi) is 3.62. The molecule has 0 fully saturated rings. The topological polar surface area (TPSA) is 47.5 Å². The first-order chi connectivity index (χ1) is 10.2. The van der Waals surface area contributed by atoms with Gasteiger partial charge in [-0.15, -0.1) is 0 Å². The first-order valence-corrected chi connectivity index (χ1v) is 6.86. The lowest BCUT2D eigenvalue weighted by atomic mass is 10.1. The summed E-state index contributed by atoms with van der Waals surface area (Å²) in [4.78, 5) is 3.40. The first-order valence-electron chi connectivity index (χ1n) is 6.86. The van der Waals surface area contributed by atoms with Gasteiger partial charge < -0.3 is 26.5 Å². The highest BCUT2D eigenvalue weighted by Gasteiger charge is 2.18. The Balaban J connectivity index is 0.00000144. The van der Waals surface area contributed by atoms with E-state index in [-0.39, 0.29) is 22.7 Å². The largest absolute Gasteiger partial charge is 1.00 e. The first kappa shape index (κ1) is 14.6. The number of phenolic OH excluding ortho intramolecular Hbond substituents is 1. The van der Waals surface area contributed by atoms with Gasteiger partial charge in [0.15, 0.2) is 0 Å². The van der Waals surface area contributed by atoms with Crippen molar-refractivity contribution in [2.75, 3.05) is 0 Å². The Labute approximate surface area is 138 Å². The smallest absolute Gasteiger partial charge is 0.247 e. The number of furan rings is 1. The molecule has 2 heterocycles. The van der Waals surface area contributed by atoms with E-state index in [2.05, 4.69) is 17.1 Å². The summed E-state index contributed by atoms with van der Waals surface area (Å²) >= 11 is 0. The molecule has 0 saturated carbocycles. The van der Waals surface area contributed by atoms with Crippen LogP contribution < -0.4 is 22.0 Å². The maximum Gasteiger partial charge on any atom is 0.247 e. The molecule has 0 bridgehead atoms. The Morgan fingerprint density at radius 3 is 2.68 bits per heavy atom. The number of para-hydroxylation sites is 1. The Hall–Kier alpha value is -2.33. The Morgan fingerprint density at radius 2 is 1.82 bits per heavy atom. The highest BCUT2D eigenvalue weighted by atomic mass is 79.9. The highest BCUT2D eigenvalue weighted by molar-refractivity contribution is 5.88. The average Bonchev–Trinajstić information content (AvgIpc) is 2.83. The molecule has 0 aliphatic rings. The molecule has 22 heavy (non-hydrogen) atoms. The summed E-state index contributed by atoms with van der Waals surface area (Å²) in [6.45, 7) is 2.03. The van der Waals surface area contributed by atoms with Crippen LogP contribution in [0.25, 0.3) is 33.3 Å². The second-order valence-electron chi connectivity index (χ2n) is 5.20. The van der Waals surface area contributed by atoms with Crippen LogP contribution in [0.2, 0.25) is 0 Å². The van der Waals surface area contributed by atoms with E-state index in [9.17, 15) is 5.11 Å². The number of aryl methyl sites for hydroxylation is 1. The molecule has 110 valence electrons. The lowest BCUT2D eigenvalue weighted by Crippen LogP contribution is -3.00. The van der Waals surface area contributed by atoms with Gasteiger partial charge in [-0.25, -0.2) is 4.98 Å². The number of fused-ring (bicyclic) bond motifs is 2. The van der Waals surface area contributed by atoms with Crippen molar-refractivity contribution < 1.29 is 31.5 Å². The van der Waals surface area contributed by atoms with E-state index in [1.54, 1.807) is 12.1 Å². The van der Waals surface area contributed by atoms with E-state index in [1.165, 1.54) is 0 Å². The Bertz CT molecular complexity index is 975. The van der Waals surface area contributed by atoms with Crippen LogP contribution in [0.1, 0.15) is 5.56 Å². The minimum Gasteiger partial charge on any atom is -1.00 e. The zero-order chi connectivity index (χ0) is 14.4. The molecule has 0 spiro atoms. The summed E-state index contributed by atoms with van der Waals surface area (Å²) in [5, 5.41) is 11.8. The summed E-state index contributed by atoms with van der Waals surface area (Å²) in [6, 6.07) is 17.4. The van der Waals surface area contributed by atoms with Crippen molar-refractivity contribution in [1.82, 2.24) is 0 Å². The third-order valence-corrected chi connectivity index (χ3v) is 3.83. The van der Waals surface area contributed by atoms with Crippen molar-refractivity contribution in [2.45, 2.75) is 6.92 Å². The third-order valence-electron chi connectivity index (χ3n) is 3.83. The van der Waals surface area contributed by atoms with Gasteiger partial charge >= 0.3 is 0 Å². The monoisotopic (exact) mass is 355 g/mol.